The van der Waals surface area contributed by atoms with Crippen LogP contribution in [-0.2, 0) is 4.74 Å². The Bertz CT molecular complexity index is 823. The molecule has 0 spiro atoms. The molecule has 0 radical (unpaired) electrons. The van der Waals surface area contributed by atoms with Crippen LogP contribution in [0.4, 0.5) is 20.7 Å². The average Bonchev–Trinajstić information content (AvgIpc) is 2.49. The highest BCUT2D eigenvalue weighted by atomic mass is 35.5. The summed E-state index contributed by atoms with van der Waals surface area (Å²) in [7, 11) is 0. The SMILES string of the molecule is CC(C)(C)OC(=O)N(c1ccc(F)c(Cl)c1)c1nccnc1C(=O)O. The zero-order valence-electron chi connectivity index (χ0n) is 13.7. The Morgan fingerprint density at radius 1 is 1.24 bits per heavy atom. The van der Waals surface area contributed by atoms with E-state index in [9.17, 15) is 19.1 Å². The van der Waals surface area contributed by atoms with E-state index in [0.717, 1.165) is 11.0 Å². The molecule has 1 aromatic carbocycles. The number of anilines is 2. The third kappa shape index (κ3) is 4.42. The number of benzene rings is 1. The number of amides is 1. The normalized spacial score (nSPS) is 11.1. The van der Waals surface area contributed by atoms with Crippen LogP contribution in [0, 0.1) is 5.82 Å². The van der Waals surface area contributed by atoms with Gasteiger partial charge in [-0.25, -0.2) is 28.8 Å². The molecule has 1 aromatic heterocycles. The van der Waals surface area contributed by atoms with Crippen molar-refractivity contribution in [2.75, 3.05) is 4.90 Å². The first-order valence-corrected chi connectivity index (χ1v) is 7.50. The fourth-order valence-corrected chi connectivity index (χ4v) is 2.07. The van der Waals surface area contributed by atoms with Crippen molar-refractivity contribution in [3.8, 4) is 0 Å². The number of carbonyl (C=O) groups is 2. The first-order chi connectivity index (χ1) is 11.6. The zero-order valence-corrected chi connectivity index (χ0v) is 14.4. The van der Waals surface area contributed by atoms with Crippen LogP contribution in [0.3, 0.4) is 0 Å². The summed E-state index contributed by atoms with van der Waals surface area (Å²) in [6.45, 7) is 4.94. The molecule has 0 bridgehead atoms. The average molecular weight is 368 g/mol. The van der Waals surface area contributed by atoms with Crippen LogP contribution in [0.1, 0.15) is 31.3 Å². The number of hydrogen-bond acceptors (Lipinski definition) is 5. The Morgan fingerprint density at radius 2 is 1.88 bits per heavy atom. The molecular formula is C16H15ClFN3O4. The second kappa shape index (κ2) is 7.02. The fourth-order valence-electron chi connectivity index (χ4n) is 1.89. The molecule has 0 aliphatic carbocycles. The Labute approximate surface area is 148 Å². The number of hydrogen-bond donors (Lipinski definition) is 1. The number of carboxylic acids is 1. The predicted molar refractivity (Wildman–Crippen MR) is 88.8 cm³/mol. The van der Waals surface area contributed by atoms with Crippen molar-refractivity contribution in [2.24, 2.45) is 0 Å². The van der Waals surface area contributed by atoms with Crippen molar-refractivity contribution in [1.29, 1.82) is 0 Å². The number of rotatable bonds is 3. The summed E-state index contributed by atoms with van der Waals surface area (Å²) < 4.78 is 18.8. The highest BCUT2D eigenvalue weighted by Crippen LogP contribution is 2.31. The molecule has 0 aliphatic heterocycles. The van der Waals surface area contributed by atoms with Crippen molar-refractivity contribution in [2.45, 2.75) is 26.4 Å². The number of carbonyl (C=O) groups excluding carboxylic acids is 1. The van der Waals surface area contributed by atoms with Gasteiger partial charge in [0.1, 0.15) is 11.4 Å². The minimum Gasteiger partial charge on any atom is -0.476 e. The molecule has 1 N–H and O–H groups in total. The van der Waals surface area contributed by atoms with Crippen LogP contribution in [0.2, 0.25) is 5.02 Å². The molecule has 0 atom stereocenters. The Kier molecular flexibility index (Phi) is 5.22. The van der Waals surface area contributed by atoms with Gasteiger partial charge < -0.3 is 9.84 Å². The first-order valence-electron chi connectivity index (χ1n) is 7.12. The summed E-state index contributed by atoms with van der Waals surface area (Å²) in [6, 6.07) is 3.47. The highest BCUT2D eigenvalue weighted by Gasteiger charge is 2.30. The third-order valence-electron chi connectivity index (χ3n) is 2.83. The van der Waals surface area contributed by atoms with Crippen molar-refractivity contribution >= 4 is 35.2 Å². The lowest BCUT2D eigenvalue weighted by Gasteiger charge is -2.27. The van der Waals surface area contributed by atoms with E-state index in [2.05, 4.69) is 9.97 Å². The number of carboxylic acid groups (broad SMARTS) is 1. The van der Waals surface area contributed by atoms with Crippen LogP contribution in [0.25, 0.3) is 0 Å². The molecule has 0 aliphatic rings. The van der Waals surface area contributed by atoms with Crippen molar-refractivity contribution in [1.82, 2.24) is 9.97 Å². The smallest absolute Gasteiger partial charge is 0.420 e. The van der Waals surface area contributed by atoms with Crippen LogP contribution in [0.15, 0.2) is 30.6 Å². The van der Waals surface area contributed by atoms with Crippen LogP contribution < -0.4 is 4.90 Å². The van der Waals surface area contributed by atoms with Crippen LogP contribution in [0.5, 0.6) is 0 Å². The van der Waals surface area contributed by atoms with Crippen molar-refractivity contribution in [3.05, 3.63) is 47.1 Å². The van der Waals surface area contributed by atoms with Gasteiger partial charge in [0.15, 0.2) is 11.5 Å². The molecule has 132 valence electrons. The summed E-state index contributed by atoms with van der Waals surface area (Å²) in [5.74, 6) is -2.34. The molecular weight excluding hydrogens is 353 g/mol. The summed E-state index contributed by atoms with van der Waals surface area (Å²) in [5, 5.41) is 9.06. The van der Waals surface area contributed by atoms with E-state index in [1.165, 1.54) is 24.5 Å². The van der Waals surface area contributed by atoms with Gasteiger partial charge in [0, 0.05) is 12.4 Å². The van der Waals surface area contributed by atoms with Crippen LogP contribution >= 0.6 is 11.6 Å². The molecule has 7 nitrogen and oxygen atoms in total. The number of aromatic nitrogens is 2. The van der Waals surface area contributed by atoms with E-state index >= 15 is 0 Å². The topological polar surface area (TPSA) is 92.6 Å². The van der Waals surface area contributed by atoms with Gasteiger partial charge in [-0.3, -0.25) is 0 Å². The van der Waals surface area contributed by atoms with Crippen molar-refractivity contribution in [3.63, 3.8) is 0 Å². The molecule has 25 heavy (non-hydrogen) atoms. The molecule has 0 saturated carbocycles. The standard InChI is InChI=1S/C16H15ClFN3O4/c1-16(2,3)25-15(24)21(9-4-5-11(18)10(17)8-9)13-12(14(22)23)19-6-7-20-13/h4-8H,1-3H3,(H,22,23). The molecule has 2 rings (SSSR count). The van der Waals surface area contributed by atoms with E-state index in [1.54, 1.807) is 20.8 Å². The molecule has 9 heteroatoms. The zero-order chi connectivity index (χ0) is 18.8. The van der Waals surface area contributed by atoms with Gasteiger partial charge in [0.2, 0.25) is 0 Å². The highest BCUT2D eigenvalue weighted by molar-refractivity contribution is 6.31. The fraction of sp³-hybridized carbons (Fsp3) is 0.250. The Balaban J connectivity index is 2.62. The molecule has 0 saturated heterocycles. The quantitative estimate of drug-likeness (QED) is 0.880. The van der Waals surface area contributed by atoms with E-state index in [-0.39, 0.29) is 16.5 Å². The minimum absolute atomic E-state index is 0.0867. The van der Waals surface area contributed by atoms with E-state index in [4.69, 9.17) is 16.3 Å². The second-order valence-electron chi connectivity index (χ2n) is 5.95. The lowest BCUT2D eigenvalue weighted by atomic mass is 10.2. The summed E-state index contributed by atoms with van der Waals surface area (Å²) in [4.78, 5) is 32.6. The molecule has 0 unspecified atom stereocenters. The summed E-state index contributed by atoms with van der Waals surface area (Å²) >= 11 is 5.78. The third-order valence-corrected chi connectivity index (χ3v) is 3.12. The molecule has 0 fully saturated rings. The van der Waals surface area contributed by atoms with Gasteiger partial charge in [-0.15, -0.1) is 0 Å². The Hall–Kier alpha value is -2.74. The lowest BCUT2D eigenvalue weighted by molar-refractivity contribution is 0.0598. The molecule has 1 amide bonds. The van der Waals surface area contributed by atoms with E-state index in [0.29, 0.717) is 0 Å². The van der Waals surface area contributed by atoms with Gasteiger partial charge in [-0.2, -0.15) is 0 Å². The van der Waals surface area contributed by atoms with Gasteiger partial charge in [-0.05, 0) is 39.0 Å². The Morgan fingerprint density at radius 3 is 2.44 bits per heavy atom. The predicted octanol–water partition coefficient (Wildman–Crippen LogP) is 4.04. The number of aromatic carboxylic acids is 1. The van der Waals surface area contributed by atoms with E-state index in [1.807, 2.05) is 0 Å². The van der Waals surface area contributed by atoms with E-state index < -0.39 is 29.2 Å². The maximum atomic E-state index is 13.5. The molecule has 2 aromatic rings. The van der Waals surface area contributed by atoms with Crippen LogP contribution in [-0.4, -0.2) is 32.7 Å². The maximum absolute atomic E-state index is 13.5. The minimum atomic E-state index is -1.38. The summed E-state index contributed by atoms with van der Waals surface area (Å²) in [5.41, 5.74) is -1.23. The lowest BCUT2D eigenvalue weighted by Crippen LogP contribution is -2.35. The first kappa shape index (κ1) is 18.6. The largest absolute Gasteiger partial charge is 0.476 e. The maximum Gasteiger partial charge on any atom is 0.420 e. The van der Waals surface area contributed by atoms with Gasteiger partial charge >= 0.3 is 12.1 Å². The van der Waals surface area contributed by atoms with Gasteiger partial charge in [-0.1, -0.05) is 11.6 Å². The van der Waals surface area contributed by atoms with Crippen molar-refractivity contribution < 1.29 is 23.8 Å². The monoisotopic (exact) mass is 367 g/mol. The van der Waals surface area contributed by atoms with Gasteiger partial charge in [0.05, 0.1) is 10.7 Å². The summed E-state index contributed by atoms with van der Waals surface area (Å²) in [6.07, 6.45) is 1.50. The number of halogens is 2. The number of nitrogens with zero attached hydrogens (tertiary/aromatic N) is 3. The van der Waals surface area contributed by atoms with Gasteiger partial charge in [0.25, 0.3) is 0 Å². The second-order valence-corrected chi connectivity index (χ2v) is 6.36. The molecule has 1 heterocycles. The number of ether oxygens (including phenoxy) is 1.